The van der Waals surface area contributed by atoms with Crippen LogP contribution in [0, 0.1) is 12.7 Å². The molecule has 0 aliphatic rings. The number of aryl methyl sites for hydroxylation is 2. The summed E-state index contributed by atoms with van der Waals surface area (Å²) in [7, 11) is 1.83. The molecule has 3 rings (SSSR count). The predicted molar refractivity (Wildman–Crippen MR) is 75.3 cm³/mol. The van der Waals surface area contributed by atoms with Crippen molar-refractivity contribution in [3.05, 3.63) is 42.0 Å². The number of nitrogens with two attached hydrogens (primary N) is 1. The van der Waals surface area contributed by atoms with Crippen LogP contribution in [-0.2, 0) is 7.05 Å². The SMILES string of the molecule is Cc1cc(N)cc(F)c1-c1cc(-c2cnn(C)c2)n[nH]1. The minimum absolute atomic E-state index is 0.358. The van der Waals surface area contributed by atoms with E-state index in [1.165, 1.54) is 6.07 Å². The van der Waals surface area contributed by atoms with Gasteiger partial charge in [-0.05, 0) is 30.7 Å². The molecule has 0 atom stereocenters. The van der Waals surface area contributed by atoms with Crippen molar-refractivity contribution < 1.29 is 4.39 Å². The fourth-order valence-corrected chi connectivity index (χ4v) is 2.26. The molecule has 2 aromatic heterocycles. The molecular formula is C14H14FN5. The van der Waals surface area contributed by atoms with Crippen LogP contribution < -0.4 is 5.73 Å². The van der Waals surface area contributed by atoms with E-state index in [1.807, 2.05) is 20.2 Å². The van der Waals surface area contributed by atoms with Gasteiger partial charge in [-0.1, -0.05) is 0 Å². The van der Waals surface area contributed by atoms with Crippen molar-refractivity contribution in [1.29, 1.82) is 0 Å². The monoisotopic (exact) mass is 271 g/mol. The summed E-state index contributed by atoms with van der Waals surface area (Å²) in [4.78, 5) is 0. The molecule has 6 heteroatoms. The first kappa shape index (κ1) is 12.4. The second-order valence-corrected chi connectivity index (χ2v) is 4.76. The number of H-pyrrole nitrogens is 1. The quantitative estimate of drug-likeness (QED) is 0.703. The highest BCUT2D eigenvalue weighted by atomic mass is 19.1. The van der Waals surface area contributed by atoms with E-state index in [0.717, 1.165) is 16.8 Å². The molecule has 5 nitrogen and oxygen atoms in total. The molecule has 0 saturated carbocycles. The van der Waals surface area contributed by atoms with Crippen LogP contribution in [-0.4, -0.2) is 20.0 Å². The first-order chi connectivity index (χ1) is 9.54. The average Bonchev–Trinajstić information content (AvgIpc) is 2.96. The molecule has 102 valence electrons. The van der Waals surface area contributed by atoms with Crippen LogP contribution in [0.1, 0.15) is 5.56 Å². The summed E-state index contributed by atoms with van der Waals surface area (Å²) >= 11 is 0. The van der Waals surface area contributed by atoms with Crippen LogP contribution >= 0.6 is 0 Å². The van der Waals surface area contributed by atoms with Crippen LogP contribution in [0.4, 0.5) is 10.1 Å². The van der Waals surface area contributed by atoms with Crippen LogP contribution in [0.15, 0.2) is 30.6 Å². The maximum Gasteiger partial charge on any atom is 0.134 e. The molecule has 0 saturated heterocycles. The normalized spacial score (nSPS) is 10.9. The Hall–Kier alpha value is -2.63. The van der Waals surface area contributed by atoms with Crippen molar-refractivity contribution in [2.45, 2.75) is 6.92 Å². The number of benzene rings is 1. The van der Waals surface area contributed by atoms with E-state index in [1.54, 1.807) is 23.0 Å². The van der Waals surface area contributed by atoms with Gasteiger partial charge >= 0.3 is 0 Å². The molecule has 0 spiro atoms. The van der Waals surface area contributed by atoms with Gasteiger partial charge in [0.25, 0.3) is 0 Å². The minimum atomic E-state index is -0.358. The third-order valence-corrected chi connectivity index (χ3v) is 3.16. The topological polar surface area (TPSA) is 72.5 Å². The van der Waals surface area contributed by atoms with Crippen LogP contribution in [0.5, 0.6) is 0 Å². The summed E-state index contributed by atoms with van der Waals surface area (Å²) in [6.07, 6.45) is 3.57. The standard InChI is InChI=1S/C14H14FN5/c1-8-3-10(16)4-11(15)14(8)13-5-12(18-19-13)9-6-17-20(2)7-9/h3-7H,16H2,1-2H3,(H,18,19). The Morgan fingerprint density at radius 3 is 2.75 bits per heavy atom. The number of nitrogens with one attached hydrogen (secondary N) is 1. The number of hydrogen-bond donors (Lipinski definition) is 2. The van der Waals surface area contributed by atoms with E-state index in [4.69, 9.17) is 5.73 Å². The number of anilines is 1. The Balaban J connectivity index is 2.07. The van der Waals surface area contributed by atoms with Gasteiger partial charge in [-0.25, -0.2) is 4.39 Å². The zero-order chi connectivity index (χ0) is 14.3. The molecule has 3 aromatic rings. The minimum Gasteiger partial charge on any atom is -0.399 e. The molecule has 0 radical (unpaired) electrons. The largest absolute Gasteiger partial charge is 0.399 e. The summed E-state index contributed by atoms with van der Waals surface area (Å²) in [5, 5.41) is 11.2. The molecule has 1 aromatic carbocycles. The number of halogens is 1. The Bertz CT molecular complexity index is 748. The maximum absolute atomic E-state index is 14.1. The van der Waals surface area contributed by atoms with Gasteiger partial charge in [-0.3, -0.25) is 9.78 Å². The first-order valence-electron chi connectivity index (χ1n) is 6.15. The van der Waals surface area contributed by atoms with Gasteiger partial charge in [0.15, 0.2) is 0 Å². The zero-order valence-electron chi connectivity index (χ0n) is 11.2. The highest BCUT2D eigenvalue weighted by molar-refractivity contribution is 5.71. The molecule has 3 N–H and O–H groups in total. The molecular weight excluding hydrogens is 257 g/mol. The van der Waals surface area contributed by atoms with Crippen molar-refractivity contribution in [1.82, 2.24) is 20.0 Å². The number of nitrogens with zero attached hydrogens (tertiary/aromatic N) is 3. The number of hydrogen-bond acceptors (Lipinski definition) is 3. The number of nitrogen functional groups attached to an aromatic ring is 1. The van der Waals surface area contributed by atoms with E-state index >= 15 is 0 Å². The Labute approximate surface area is 115 Å². The highest BCUT2D eigenvalue weighted by Gasteiger charge is 2.13. The fourth-order valence-electron chi connectivity index (χ4n) is 2.26. The maximum atomic E-state index is 14.1. The van der Waals surface area contributed by atoms with Gasteiger partial charge in [0.1, 0.15) is 5.82 Å². The van der Waals surface area contributed by atoms with Crippen molar-refractivity contribution in [3.8, 4) is 22.5 Å². The third-order valence-electron chi connectivity index (χ3n) is 3.16. The average molecular weight is 271 g/mol. The lowest BCUT2D eigenvalue weighted by molar-refractivity contribution is 0.630. The zero-order valence-corrected chi connectivity index (χ0v) is 11.2. The molecule has 0 amide bonds. The van der Waals surface area contributed by atoms with E-state index in [0.29, 0.717) is 16.9 Å². The van der Waals surface area contributed by atoms with E-state index < -0.39 is 0 Å². The van der Waals surface area contributed by atoms with E-state index in [9.17, 15) is 4.39 Å². The summed E-state index contributed by atoms with van der Waals surface area (Å²) in [6, 6.07) is 4.86. The molecule has 20 heavy (non-hydrogen) atoms. The highest BCUT2D eigenvalue weighted by Crippen LogP contribution is 2.29. The molecule has 0 aliphatic carbocycles. The number of aromatic nitrogens is 4. The molecule has 0 fully saturated rings. The van der Waals surface area contributed by atoms with E-state index in [-0.39, 0.29) is 5.82 Å². The van der Waals surface area contributed by atoms with Crippen molar-refractivity contribution in [3.63, 3.8) is 0 Å². The molecule has 2 heterocycles. The van der Waals surface area contributed by atoms with Crippen LogP contribution in [0.2, 0.25) is 0 Å². The predicted octanol–water partition coefficient (Wildman–Crippen LogP) is 2.51. The van der Waals surface area contributed by atoms with Gasteiger partial charge in [0.05, 0.1) is 17.6 Å². The van der Waals surface area contributed by atoms with Gasteiger partial charge < -0.3 is 5.73 Å². The second-order valence-electron chi connectivity index (χ2n) is 4.76. The summed E-state index contributed by atoms with van der Waals surface area (Å²) in [5.74, 6) is -0.358. The van der Waals surface area contributed by atoms with Gasteiger partial charge in [-0.15, -0.1) is 0 Å². The smallest absolute Gasteiger partial charge is 0.134 e. The second kappa shape index (κ2) is 4.48. The van der Waals surface area contributed by atoms with Crippen molar-refractivity contribution >= 4 is 5.69 Å². The lowest BCUT2D eigenvalue weighted by atomic mass is 10.0. The Kier molecular flexibility index (Phi) is 2.78. The summed E-state index contributed by atoms with van der Waals surface area (Å²) in [5.41, 5.74) is 9.52. The summed E-state index contributed by atoms with van der Waals surface area (Å²) < 4.78 is 15.8. The molecule has 0 bridgehead atoms. The van der Waals surface area contributed by atoms with E-state index in [2.05, 4.69) is 15.3 Å². The van der Waals surface area contributed by atoms with Gasteiger partial charge in [-0.2, -0.15) is 10.2 Å². The Morgan fingerprint density at radius 2 is 2.10 bits per heavy atom. The molecule has 0 unspecified atom stereocenters. The summed E-state index contributed by atoms with van der Waals surface area (Å²) in [6.45, 7) is 1.82. The number of rotatable bonds is 2. The van der Waals surface area contributed by atoms with Gasteiger partial charge in [0.2, 0.25) is 0 Å². The molecule has 0 aliphatic heterocycles. The fraction of sp³-hybridized carbons (Fsp3) is 0.143. The van der Waals surface area contributed by atoms with Crippen LogP contribution in [0.3, 0.4) is 0 Å². The Morgan fingerprint density at radius 1 is 1.30 bits per heavy atom. The lowest BCUT2D eigenvalue weighted by Crippen LogP contribution is -1.93. The lowest BCUT2D eigenvalue weighted by Gasteiger charge is -2.06. The number of aromatic amines is 1. The van der Waals surface area contributed by atoms with Crippen molar-refractivity contribution in [2.24, 2.45) is 7.05 Å². The first-order valence-corrected chi connectivity index (χ1v) is 6.15. The van der Waals surface area contributed by atoms with Gasteiger partial charge in [0, 0.05) is 30.1 Å². The van der Waals surface area contributed by atoms with Crippen molar-refractivity contribution in [2.75, 3.05) is 5.73 Å². The third kappa shape index (κ3) is 2.05. The van der Waals surface area contributed by atoms with Crippen LogP contribution in [0.25, 0.3) is 22.5 Å².